The molecule has 2 rings (SSSR count). The molecule has 1 fully saturated rings. The second kappa shape index (κ2) is 7.21. The molecule has 1 atom stereocenters. The number of benzene rings is 1. The van der Waals surface area contributed by atoms with E-state index in [2.05, 4.69) is 5.32 Å². The SMILES string of the molecule is CC1CNCCN1C(=O)Cc1cccc([N+](=O)[O-])c1.Cl. The van der Waals surface area contributed by atoms with Crippen LogP contribution >= 0.6 is 12.4 Å². The highest BCUT2D eigenvalue weighted by atomic mass is 35.5. The topological polar surface area (TPSA) is 75.5 Å². The summed E-state index contributed by atoms with van der Waals surface area (Å²) < 4.78 is 0. The molecular weight excluding hydrogens is 282 g/mol. The normalized spacial score (nSPS) is 18.2. The van der Waals surface area contributed by atoms with Crippen LogP contribution in [0.15, 0.2) is 24.3 Å². The number of hydrogen-bond donors (Lipinski definition) is 1. The molecule has 0 saturated carbocycles. The van der Waals surface area contributed by atoms with Gasteiger partial charge >= 0.3 is 0 Å². The summed E-state index contributed by atoms with van der Waals surface area (Å²) in [5.74, 6) is 0.0227. The summed E-state index contributed by atoms with van der Waals surface area (Å²) in [5.41, 5.74) is 0.712. The highest BCUT2D eigenvalue weighted by Crippen LogP contribution is 2.15. The fourth-order valence-electron chi connectivity index (χ4n) is 2.27. The predicted octanol–water partition coefficient (Wildman–Crippen LogP) is 1.38. The van der Waals surface area contributed by atoms with E-state index in [9.17, 15) is 14.9 Å². The third-order valence-electron chi connectivity index (χ3n) is 3.30. The average Bonchev–Trinajstić information content (AvgIpc) is 2.39. The summed E-state index contributed by atoms with van der Waals surface area (Å²) in [4.78, 5) is 24.3. The second-order valence-electron chi connectivity index (χ2n) is 4.74. The van der Waals surface area contributed by atoms with Crippen molar-refractivity contribution in [1.29, 1.82) is 0 Å². The molecule has 0 aliphatic carbocycles. The Bertz CT molecular complexity index is 496. The highest BCUT2D eigenvalue weighted by molar-refractivity contribution is 5.85. The summed E-state index contributed by atoms with van der Waals surface area (Å²) in [7, 11) is 0. The molecule has 1 amide bonds. The second-order valence-corrected chi connectivity index (χ2v) is 4.74. The van der Waals surface area contributed by atoms with Crippen molar-refractivity contribution >= 4 is 24.0 Å². The number of nitrogens with zero attached hydrogens (tertiary/aromatic N) is 2. The molecule has 7 heteroatoms. The van der Waals surface area contributed by atoms with Gasteiger partial charge in [0.2, 0.25) is 5.91 Å². The molecule has 0 spiro atoms. The lowest BCUT2D eigenvalue weighted by Gasteiger charge is -2.34. The highest BCUT2D eigenvalue weighted by Gasteiger charge is 2.23. The van der Waals surface area contributed by atoms with E-state index >= 15 is 0 Å². The van der Waals surface area contributed by atoms with E-state index in [1.54, 1.807) is 12.1 Å². The van der Waals surface area contributed by atoms with Crippen LogP contribution in [0.5, 0.6) is 0 Å². The number of hydrogen-bond acceptors (Lipinski definition) is 4. The van der Waals surface area contributed by atoms with E-state index in [4.69, 9.17) is 0 Å². The lowest BCUT2D eigenvalue weighted by atomic mass is 10.1. The van der Waals surface area contributed by atoms with Gasteiger partial charge in [-0.05, 0) is 12.5 Å². The summed E-state index contributed by atoms with van der Waals surface area (Å²) in [6.45, 7) is 4.28. The van der Waals surface area contributed by atoms with Gasteiger partial charge in [-0.2, -0.15) is 0 Å². The lowest BCUT2D eigenvalue weighted by Crippen LogP contribution is -2.52. The maximum atomic E-state index is 12.2. The van der Waals surface area contributed by atoms with Gasteiger partial charge < -0.3 is 10.2 Å². The quantitative estimate of drug-likeness (QED) is 0.676. The first kappa shape index (κ1) is 16.4. The van der Waals surface area contributed by atoms with E-state index in [1.165, 1.54) is 12.1 Å². The van der Waals surface area contributed by atoms with Gasteiger partial charge in [0.1, 0.15) is 0 Å². The third-order valence-corrected chi connectivity index (χ3v) is 3.30. The van der Waals surface area contributed by atoms with Crippen LogP contribution < -0.4 is 5.32 Å². The minimum absolute atomic E-state index is 0. The van der Waals surface area contributed by atoms with Crippen LogP contribution in [-0.2, 0) is 11.2 Å². The van der Waals surface area contributed by atoms with E-state index in [-0.39, 0.29) is 36.5 Å². The molecule has 1 saturated heterocycles. The number of nitrogens with one attached hydrogen (secondary N) is 1. The minimum atomic E-state index is -0.443. The molecule has 6 nitrogen and oxygen atoms in total. The molecule has 0 radical (unpaired) electrons. The number of nitro benzene ring substituents is 1. The number of non-ortho nitro benzene ring substituents is 1. The van der Waals surface area contributed by atoms with Crippen molar-refractivity contribution in [2.75, 3.05) is 19.6 Å². The van der Waals surface area contributed by atoms with Crippen LogP contribution in [-0.4, -0.2) is 41.4 Å². The van der Waals surface area contributed by atoms with Crippen molar-refractivity contribution in [1.82, 2.24) is 10.2 Å². The Balaban J connectivity index is 0.00000200. The molecule has 20 heavy (non-hydrogen) atoms. The molecule has 1 unspecified atom stereocenters. The van der Waals surface area contributed by atoms with Gasteiger partial charge in [-0.25, -0.2) is 0 Å². The van der Waals surface area contributed by atoms with Crippen LogP contribution in [0.1, 0.15) is 12.5 Å². The van der Waals surface area contributed by atoms with Gasteiger partial charge in [0, 0.05) is 37.8 Å². The number of nitro groups is 1. The van der Waals surface area contributed by atoms with Crippen molar-refractivity contribution in [2.24, 2.45) is 0 Å². The average molecular weight is 300 g/mol. The third kappa shape index (κ3) is 3.91. The molecule has 110 valence electrons. The summed E-state index contributed by atoms with van der Waals surface area (Å²) in [5, 5.41) is 13.9. The Labute approximate surface area is 123 Å². The maximum Gasteiger partial charge on any atom is 0.269 e. The summed E-state index contributed by atoms with van der Waals surface area (Å²) >= 11 is 0. The van der Waals surface area contributed by atoms with Crippen LogP contribution in [0.2, 0.25) is 0 Å². The number of carbonyl (C=O) groups is 1. The monoisotopic (exact) mass is 299 g/mol. The van der Waals surface area contributed by atoms with E-state index in [0.29, 0.717) is 12.1 Å². The summed E-state index contributed by atoms with van der Waals surface area (Å²) in [6.07, 6.45) is 0.214. The van der Waals surface area contributed by atoms with E-state index in [0.717, 1.165) is 13.1 Å². The van der Waals surface area contributed by atoms with Gasteiger partial charge in [0.15, 0.2) is 0 Å². The molecule has 1 aliphatic rings. The molecule has 1 aliphatic heterocycles. The Kier molecular flexibility index (Phi) is 5.91. The van der Waals surface area contributed by atoms with Gasteiger partial charge in [-0.15, -0.1) is 12.4 Å². The van der Waals surface area contributed by atoms with Crippen molar-refractivity contribution in [3.05, 3.63) is 39.9 Å². The first-order valence-corrected chi connectivity index (χ1v) is 6.31. The van der Waals surface area contributed by atoms with Crippen LogP contribution in [0.25, 0.3) is 0 Å². The molecule has 1 heterocycles. The maximum absolute atomic E-state index is 12.2. The molecule has 1 N–H and O–H groups in total. The first-order chi connectivity index (χ1) is 9.08. The van der Waals surface area contributed by atoms with E-state index < -0.39 is 4.92 Å². The smallest absolute Gasteiger partial charge is 0.269 e. The number of piperazine rings is 1. The zero-order valence-corrected chi connectivity index (χ0v) is 12.1. The van der Waals surface area contributed by atoms with Crippen LogP contribution in [0.4, 0.5) is 5.69 Å². The molecule has 0 aromatic heterocycles. The van der Waals surface area contributed by atoms with Gasteiger partial charge in [0.25, 0.3) is 5.69 Å². The number of carbonyl (C=O) groups excluding carboxylic acids is 1. The van der Waals surface area contributed by atoms with Crippen LogP contribution in [0, 0.1) is 10.1 Å². The Morgan fingerprint density at radius 2 is 2.30 bits per heavy atom. The largest absolute Gasteiger partial charge is 0.337 e. The summed E-state index contributed by atoms with van der Waals surface area (Å²) in [6, 6.07) is 6.42. The Hall–Kier alpha value is -1.66. The van der Waals surface area contributed by atoms with Crippen molar-refractivity contribution in [2.45, 2.75) is 19.4 Å². The number of rotatable bonds is 3. The van der Waals surface area contributed by atoms with Crippen molar-refractivity contribution < 1.29 is 9.72 Å². The van der Waals surface area contributed by atoms with Crippen molar-refractivity contribution in [3.63, 3.8) is 0 Å². The standard InChI is InChI=1S/C13H17N3O3.ClH/c1-10-9-14-5-6-15(10)13(17)8-11-3-2-4-12(7-11)16(18)19;/h2-4,7,10,14H,5-6,8-9H2,1H3;1H. The fourth-order valence-corrected chi connectivity index (χ4v) is 2.27. The number of amides is 1. The van der Waals surface area contributed by atoms with Crippen LogP contribution in [0.3, 0.4) is 0 Å². The first-order valence-electron chi connectivity index (χ1n) is 6.31. The molecule has 1 aromatic carbocycles. The zero-order chi connectivity index (χ0) is 13.8. The molecular formula is C13H18ClN3O3. The van der Waals surface area contributed by atoms with Gasteiger partial charge in [0.05, 0.1) is 11.3 Å². The Morgan fingerprint density at radius 1 is 1.55 bits per heavy atom. The Morgan fingerprint density at radius 3 is 2.95 bits per heavy atom. The lowest BCUT2D eigenvalue weighted by molar-refractivity contribution is -0.384. The molecule has 0 bridgehead atoms. The van der Waals surface area contributed by atoms with E-state index in [1.807, 2.05) is 11.8 Å². The molecule has 1 aromatic rings. The predicted molar refractivity (Wildman–Crippen MR) is 78.1 cm³/mol. The zero-order valence-electron chi connectivity index (χ0n) is 11.2. The van der Waals surface area contributed by atoms with Gasteiger partial charge in [-0.3, -0.25) is 14.9 Å². The van der Waals surface area contributed by atoms with Crippen molar-refractivity contribution in [3.8, 4) is 0 Å². The minimum Gasteiger partial charge on any atom is -0.337 e. The van der Waals surface area contributed by atoms with Gasteiger partial charge in [-0.1, -0.05) is 12.1 Å². The fraction of sp³-hybridized carbons (Fsp3) is 0.462. The number of halogens is 1.